The number of esters is 1. The molecule has 0 radical (unpaired) electrons. The third-order valence-corrected chi connectivity index (χ3v) is 4.48. The van der Waals surface area contributed by atoms with Crippen LogP contribution in [-0.2, 0) is 16.1 Å². The minimum Gasteiger partial charge on any atom is -0.449 e. The highest BCUT2D eigenvalue weighted by molar-refractivity contribution is 7.09. The molecule has 3 rings (SSSR count). The Balaban J connectivity index is 1.57. The summed E-state index contributed by atoms with van der Waals surface area (Å²) < 4.78 is 23.5. The summed E-state index contributed by atoms with van der Waals surface area (Å²) in [6, 6.07) is 12.5. The van der Waals surface area contributed by atoms with Crippen LogP contribution in [0.25, 0.3) is 11.3 Å². The molecule has 7 heteroatoms. The van der Waals surface area contributed by atoms with E-state index in [1.54, 1.807) is 18.2 Å². The van der Waals surface area contributed by atoms with Crippen molar-refractivity contribution in [3.05, 3.63) is 70.4 Å². The van der Waals surface area contributed by atoms with Gasteiger partial charge in [-0.1, -0.05) is 6.07 Å². The topological polar surface area (TPSA) is 68.5 Å². The first-order valence-corrected chi connectivity index (χ1v) is 8.78. The van der Waals surface area contributed by atoms with Gasteiger partial charge in [0.25, 0.3) is 5.91 Å². The number of carbonyl (C=O) groups is 2. The first kappa shape index (κ1) is 17.9. The van der Waals surface area contributed by atoms with Crippen LogP contribution in [0, 0.1) is 5.82 Å². The van der Waals surface area contributed by atoms with Crippen LogP contribution in [0.1, 0.15) is 22.4 Å². The van der Waals surface area contributed by atoms with Gasteiger partial charge in [0, 0.05) is 10.4 Å². The number of benzene rings is 1. The van der Waals surface area contributed by atoms with E-state index in [0.29, 0.717) is 17.9 Å². The highest BCUT2D eigenvalue weighted by atomic mass is 32.1. The van der Waals surface area contributed by atoms with Gasteiger partial charge in [0.05, 0.1) is 6.54 Å². The van der Waals surface area contributed by atoms with Crippen LogP contribution in [0.5, 0.6) is 0 Å². The number of rotatable bonds is 6. The highest BCUT2D eigenvalue weighted by Gasteiger charge is 2.21. The van der Waals surface area contributed by atoms with Crippen LogP contribution >= 0.6 is 11.3 Å². The average molecular weight is 373 g/mol. The minimum absolute atomic E-state index is 0.0257. The second kappa shape index (κ2) is 7.97. The van der Waals surface area contributed by atoms with Crippen LogP contribution < -0.4 is 5.32 Å². The number of hydrogen-bond acceptors (Lipinski definition) is 5. The van der Waals surface area contributed by atoms with Gasteiger partial charge in [-0.2, -0.15) is 0 Å². The molecule has 1 amide bonds. The van der Waals surface area contributed by atoms with Crippen molar-refractivity contribution in [2.24, 2.45) is 0 Å². The van der Waals surface area contributed by atoms with Crippen molar-refractivity contribution in [2.75, 3.05) is 0 Å². The number of furan rings is 1. The first-order chi connectivity index (χ1) is 12.5. The maximum atomic E-state index is 13.0. The number of halogens is 1. The van der Waals surface area contributed by atoms with Gasteiger partial charge in [-0.3, -0.25) is 4.79 Å². The van der Waals surface area contributed by atoms with Crippen LogP contribution in [0.3, 0.4) is 0 Å². The lowest BCUT2D eigenvalue weighted by Crippen LogP contribution is -2.35. The fourth-order valence-electron chi connectivity index (χ4n) is 2.22. The minimum atomic E-state index is -0.957. The van der Waals surface area contributed by atoms with Gasteiger partial charge in [0.1, 0.15) is 11.6 Å². The van der Waals surface area contributed by atoms with Gasteiger partial charge < -0.3 is 14.5 Å². The maximum absolute atomic E-state index is 13.0. The summed E-state index contributed by atoms with van der Waals surface area (Å²) in [6.45, 7) is 1.87. The normalized spacial score (nSPS) is 11.8. The number of amides is 1. The van der Waals surface area contributed by atoms with Crippen LogP contribution in [-0.4, -0.2) is 18.0 Å². The van der Waals surface area contributed by atoms with E-state index in [1.807, 2.05) is 17.5 Å². The van der Waals surface area contributed by atoms with Crippen LogP contribution in [0.2, 0.25) is 0 Å². The molecule has 1 N–H and O–H groups in total. The van der Waals surface area contributed by atoms with E-state index in [9.17, 15) is 14.0 Å². The smallest absolute Gasteiger partial charge is 0.375 e. The van der Waals surface area contributed by atoms with E-state index in [0.717, 1.165) is 4.88 Å². The molecule has 1 aromatic carbocycles. The summed E-state index contributed by atoms with van der Waals surface area (Å²) >= 11 is 1.53. The third-order valence-electron chi connectivity index (χ3n) is 3.61. The lowest BCUT2D eigenvalue weighted by molar-refractivity contribution is -0.129. The largest absolute Gasteiger partial charge is 0.449 e. The zero-order valence-corrected chi connectivity index (χ0v) is 14.7. The first-order valence-electron chi connectivity index (χ1n) is 7.90. The Hall–Kier alpha value is -2.93. The molecule has 134 valence electrons. The molecule has 0 saturated heterocycles. The number of hydrogen-bond donors (Lipinski definition) is 1. The van der Waals surface area contributed by atoms with Gasteiger partial charge in [-0.25, -0.2) is 9.18 Å². The van der Waals surface area contributed by atoms with Crippen LogP contribution in [0.15, 0.2) is 58.3 Å². The summed E-state index contributed by atoms with van der Waals surface area (Å²) in [4.78, 5) is 25.2. The fraction of sp³-hybridized carbons (Fsp3) is 0.158. The molecular formula is C19H16FNO4S. The second-order valence-electron chi connectivity index (χ2n) is 5.52. The maximum Gasteiger partial charge on any atom is 0.375 e. The summed E-state index contributed by atoms with van der Waals surface area (Å²) in [5.41, 5.74) is 0.632. The zero-order chi connectivity index (χ0) is 18.5. The third kappa shape index (κ3) is 4.37. The Morgan fingerprint density at radius 3 is 2.65 bits per heavy atom. The molecule has 0 aliphatic heterocycles. The summed E-state index contributed by atoms with van der Waals surface area (Å²) in [6.07, 6.45) is -0.957. The van der Waals surface area contributed by atoms with E-state index >= 15 is 0 Å². The molecule has 2 heterocycles. The number of nitrogens with one attached hydrogen (secondary N) is 1. The monoisotopic (exact) mass is 373 g/mol. The second-order valence-corrected chi connectivity index (χ2v) is 6.55. The SMILES string of the molecule is C[C@H](OC(=O)c1ccc(-c2ccc(F)cc2)o1)C(=O)NCc1cccs1. The van der Waals surface area contributed by atoms with Gasteiger partial charge in [-0.15, -0.1) is 11.3 Å². The fourth-order valence-corrected chi connectivity index (χ4v) is 2.86. The molecular weight excluding hydrogens is 357 g/mol. The molecule has 0 aliphatic carbocycles. The molecule has 26 heavy (non-hydrogen) atoms. The van der Waals surface area contributed by atoms with E-state index < -0.39 is 18.0 Å². The van der Waals surface area contributed by atoms with E-state index in [1.165, 1.54) is 36.5 Å². The standard InChI is InChI=1S/C19H16FNO4S/c1-12(18(22)21-11-15-3-2-10-26-15)24-19(23)17-9-8-16(25-17)13-4-6-14(20)7-5-13/h2-10,12H,11H2,1H3,(H,21,22)/t12-/m0/s1. The van der Waals surface area contributed by atoms with E-state index in [2.05, 4.69) is 5.32 Å². The van der Waals surface area contributed by atoms with Crippen molar-refractivity contribution in [1.29, 1.82) is 0 Å². The molecule has 0 aliphatic rings. The van der Waals surface area contributed by atoms with Gasteiger partial charge >= 0.3 is 5.97 Å². The van der Waals surface area contributed by atoms with E-state index in [-0.39, 0.29) is 11.6 Å². The molecule has 0 fully saturated rings. The molecule has 0 saturated carbocycles. The summed E-state index contributed by atoms with van der Waals surface area (Å²) in [7, 11) is 0. The molecule has 0 spiro atoms. The Bertz CT molecular complexity index is 887. The Kier molecular flexibility index (Phi) is 5.48. The molecule has 3 aromatic rings. The quantitative estimate of drug-likeness (QED) is 0.663. The van der Waals surface area contributed by atoms with Gasteiger partial charge in [0.2, 0.25) is 5.76 Å². The molecule has 2 aromatic heterocycles. The van der Waals surface area contributed by atoms with Gasteiger partial charge in [0.15, 0.2) is 6.10 Å². The number of thiophene rings is 1. The Labute approximate surface area is 153 Å². The van der Waals surface area contributed by atoms with Crippen molar-refractivity contribution < 1.29 is 23.1 Å². The van der Waals surface area contributed by atoms with Crippen molar-refractivity contribution in [2.45, 2.75) is 19.6 Å². The lowest BCUT2D eigenvalue weighted by atomic mass is 10.2. The average Bonchev–Trinajstić information content (AvgIpc) is 3.32. The molecule has 0 unspecified atom stereocenters. The van der Waals surface area contributed by atoms with Crippen molar-refractivity contribution in [3.63, 3.8) is 0 Å². The highest BCUT2D eigenvalue weighted by Crippen LogP contribution is 2.23. The predicted octanol–water partition coefficient (Wildman–Crippen LogP) is 4.01. The van der Waals surface area contributed by atoms with Gasteiger partial charge in [-0.05, 0) is 54.8 Å². The Morgan fingerprint density at radius 1 is 1.19 bits per heavy atom. The number of ether oxygens (including phenoxy) is 1. The van der Waals surface area contributed by atoms with Crippen molar-refractivity contribution in [3.8, 4) is 11.3 Å². The molecule has 0 bridgehead atoms. The van der Waals surface area contributed by atoms with Crippen LogP contribution in [0.4, 0.5) is 4.39 Å². The van der Waals surface area contributed by atoms with Crippen molar-refractivity contribution >= 4 is 23.2 Å². The predicted molar refractivity (Wildman–Crippen MR) is 95.1 cm³/mol. The van der Waals surface area contributed by atoms with Crippen molar-refractivity contribution in [1.82, 2.24) is 5.32 Å². The Morgan fingerprint density at radius 2 is 1.96 bits per heavy atom. The zero-order valence-electron chi connectivity index (χ0n) is 13.9. The summed E-state index contributed by atoms with van der Waals surface area (Å²) in [5.74, 6) is -1.11. The number of carbonyl (C=O) groups excluding carboxylic acids is 2. The molecule has 1 atom stereocenters. The van der Waals surface area contributed by atoms with E-state index in [4.69, 9.17) is 9.15 Å². The summed E-state index contributed by atoms with van der Waals surface area (Å²) in [5, 5.41) is 4.62. The lowest BCUT2D eigenvalue weighted by Gasteiger charge is -2.12. The molecule has 5 nitrogen and oxygen atoms in total.